The molecule has 0 fully saturated rings. The van der Waals surface area contributed by atoms with E-state index in [0.717, 1.165) is 5.88 Å². The molecular formula is C5H7B25NO. The standard InChI is InChI=1S/C5H7NO.B25/c1-6-5-3-2-4-7-5;1-14-21(15(2)3)24(20(12)13)25(22(16(4)5)17(6)7)23(18(8)9)19(10)11/h2-4,6H,1H3;. The highest BCUT2D eigenvalue weighted by Gasteiger charge is 2.48. The van der Waals surface area contributed by atoms with Crippen LogP contribution >= 0.6 is 0 Å². The minimum absolute atomic E-state index is 0.648. The first-order chi connectivity index (χ1) is 14.8. The summed E-state index contributed by atoms with van der Waals surface area (Å²) >= 11 is 0. The van der Waals surface area contributed by atoms with E-state index >= 15 is 0 Å². The van der Waals surface area contributed by atoms with Crippen molar-refractivity contribution in [2.45, 2.75) is 0 Å². The quantitative estimate of drug-likeness (QED) is 0.372. The first-order valence-electron chi connectivity index (χ1n) is 10.1. The minimum atomic E-state index is -0.960. The van der Waals surface area contributed by atoms with Crippen LogP contribution in [0.5, 0.6) is 0 Å². The molecule has 0 bridgehead atoms. The zero-order valence-corrected chi connectivity index (χ0v) is 18.6. The number of hydrogen-bond acceptors (Lipinski definition) is 2. The fourth-order valence-corrected chi connectivity index (χ4v) is 4.01. The van der Waals surface area contributed by atoms with E-state index in [4.69, 9.17) is 105 Å². The molecule has 0 aliphatic heterocycles. The average molecular weight is 367 g/mol. The molecule has 0 spiro atoms. The summed E-state index contributed by atoms with van der Waals surface area (Å²) in [6, 6.07) is 3.70. The third-order valence-corrected chi connectivity index (χ3v) is 5.43. The lowest BCUT2D eigenvalue weighted by atomic mass is 8.35. The molecule has 0 atom stereocenters. The molecule has 1 aromatic heterocycles. The van der Waals surface area contributed by atoms with Gasteiger partial charge in [0.15, 0.2) is 5.88 Å². The summed E-state index contributed by atoms with van der Waals surface area (Å²) in [6.45, 7) is 0. The van der Waals surface area contributed by atoms with Crippen LogP contribution in [0.1, 0.15) is 0 Å². The summed E-state index contributed by atoms with van der Waals surface area (Å²) in [4.78, 5) is 0. The molecule has 0 unspecified atom stereocenters. The highest BCUT2D eigenvalue weighted by atomic mass is 16.3. The summed E-state index contributed by atoms with van der Waals surface area (Å²) < 4.78 is 4.87. The molecule has 0 aliphatic rings. The van der Waals surface area contributed by atoms with Gasteiger partial charge in [0.05, 0.1) is 6.26 Å². The summed E-state index contributed by atoms with van der Waals surface area (Å²) in [5, 5.41) is 2.84. The molecule has 1 rings (SSSR count). The van der Waals surface area contributed by atoms with E-state index in [-0.39, 0.29) is 0 Å². The molecule has 0 aromatic carbocycles. The lowest BCUT2D eigenvalue weighted by Gasteiger charge is -2.47. The van der Waals surface area contributed by atoms with E-state index < -0.39 is 70.2 Å². The van der Waals surface area contributed by atoms with Crippen LogP contribution in [-0.4, -0.2) is 185 Å². The van der Waals surface area contributed by atoms with Crippen molar-refractivity contribution in [3.05, 3.63) is 18.4 Å². The van der Waals surface area contributed by atoms with Crippen LogP contribution in [0.15, 0.2) is 22.8 Å². The van der Waals surface area contributed by atoms with Crippen molar-refractivity contribution in [1.82, 2.24) is 0 Å². The van der Waals surface area contributed by atoms with Crippen molar-refractivity contribution >= 4 is 184 Å². The maximum Gasteiger partial charge on any atom is 0.192 e. The number of furan rings is 1. The van der Waals surface area contributed by atoms with Gasteiger partial charge >= 0.3 is 0 Å². The summed E-state index contributed by atoms with van der Waals surface area (Å²) in [5.41, 5.74) is 0. The van der Waals surface area contributed by atoms with Gasteiger partial charge in [0.25, 0.3) is 0 Å². The van der Waals surface area contributed by atoms with Crippen molar-refractivity contribution in [1.29, 1.82) is 0 Å². The zero-order chi connectivity index (χ0) is 25.2. The smallest absolute Gasteiger partial charge is 0.192 e. The van der Waals surface area contributed by atoms with E-state index in [2.05, 4.69) is 5.32 Å². The van der Waals surface area contributed by atoms with E-state index in [0.29, 0.717) is 0 Å². The molecule has 27 heteroatoms. The maximum atomic E-state index is 5.99. The van der Waals surface area contributed by atoms with Crippen molar-refractivity contribution < 1.29 is 4.42 Å². The fraction of sp³-hybridized carbons (Fsp3) is 0.200. The lowest BCUT2D eigenvalue weighted by molar-refractivity contribution is 0.583. The Morgan fingerprint density at radius 2 is 1.06 bits per heavy atom. The third kappa shape index (κ3) is 10.1. The van der Waals surface area contributed by atoms with Crippen LogP contribution in [-0.2, 0) is 0 Å². The second-order valence-electron chi connectivity index (χ2n) is 7.77. The predicted octanol–water partition coefficient (Wildman–Crippen LogP) is -8.20. The van der Waals surface area contributed by atoms with Crippen LogP contribution in [0.25, 0.3) is 0 Å². The van der Waals surface area contributed by atoms with E-state index in [1.807, 2.05) is 19.2 Å². The molecule has 0 amide bonds. The Labute approximate surface area is 218 Å². The molecule has 0 saturated heterocycles. The van der Waals surface area contributed by atoms with Crippen LogP contribution in [0, 0.1) is 0 Å². The predicted molar refractivity (Wildman–Crippen MR) is 172 cm³/mol. The topological polar surface area (TPSA) is 25.2 Å². The largest absolute Gasteiger partial charge is 0.449 e. The van der Waals surface area contributed by atoms with E-state index in [1.54, 1.807) is 6.26 Å². The van der Waals surface area contributed by atoms with Crippen molar-refractivity contribution in [3.8, 4) is 0 Å². The number of anilines is 1. The molecule has 1 heterocycles. The summed E-state index contributed by atoms with van der Waals surface area (Å²) in [6.07, 6.45) is -7.56. The monoisotopic (exact) mass is 372 g/mol. The Balaban J connectivity index is 0.00000115. The lowest BCUT2D eigenvalue weighted by Crippen LogP contribution is -2.85. The Morgan fingerprint density at radius 3 is 1.25 bits per heavy atom. The zero-order valence-electron chi connectivity index (χ0n) is 18.6. The van der Waals surface area contributed by atoms with Gasteiger partial charge in [-0.15, -0.1) is 0 Å². The van der Waals surface area contributed by atoms with E-state index in [1.165, 1.54) is 7.06 Å². The van der Waals surface area contributed by atoms with Gasteiger partial charge in [-0.1, -0.05) is 0 Å². The van der Waals surface area contributed by atoms with Gasteiger partial charge in [-0.05, 0) is 6.07 Å². The maximum absolute atomic E-state index is 5.99. The Kier molecular flexibility index (Phi) is 16.7. The van der Waals surface area contributed by atoms with Gasteiger partial charge in [0.1, 0.15) is 0 Å². The summed E-state index contributed by atoms with van der Waals surface area (Å²) in [7, 11) is 79.7. The van der Waals surface area contributed by atoms with Crippen LogP contribution < -0.4 is 5.32 Å². The molecule has 2 nitrogen and oxygen atoms in total. The molecule has 113 valence electrons. The Morgan fingerprint density at radius 1 is 0.656 bits per heavy atom. The van der Waals surface area contributed by atoms with Crippen LogP contribution in [0.4, 0.5) is 5.88 Å². The second-order valence-corrected chi connectivity index (χ2v) is 7.77. The van der Waals surface area contributed by atoms with Gasteiger partial charge in [-0.3, -0.25) is 0 Å². The van der Waals surface area contributed by atoms with E-state index in [9.17, 15) is 0 Å². The van der Waals surface area contributed by atoms with Crippen molar-refractivity contribution in [2.75, 3.05) is 12.4 Å². The highest BCUT2D eigenvalue weighted by Crippen LogP contribution is 2.10. The molecule has 0 aliphatic carbocycles. The van der Waals surface area contributed by atoms with Gasteiger partial charge in [0, 0.05) is 191 Å². The van der Waals surface area contributed by atoms with Gasteiger partial charge in [-0.2, -0.15) is 0 Å². The first kappa shape index (κ1) is 32.7. The number of nitrogens with one attached hydrogen (secondary N) is 1. The van der Waals surface area contributed by atoms with Crippen LogP contribution in [0.3, 0.4) is 0 Å². The number of hydrogen-bond donors (Lipinski definition) is 1. The number of rotatable bonds is 12. The first-order valence-corrected chi connectivity index (χ1v) is 10.1. The van der Waals surface area contributed by atoms with Crippen molar-refractivity contribution in [3.63, 3.8) is 0 Å². The molecule has 0 saturated carbocycles. The Bertz CT molecular complexity index is 539. The third-order valence-electron chi connectivity index (χ3n) is 5.43. The average Bonchev–Trinajstić information content (AvgIpc) is 3.18. The normalized spacial score (nSPS) is 9.16. The SMILES string of the molecule is CNc1ccco1.[B][B]B(B([B])[B])B(B([B])[B])B(B(B([B])[B])B([B])[B])B(B([B])[B])B([B])[B]. The van der Waals surface area contributed by atoms with Gasteiger partial charge in [0.2, 0.25) is 0 Å². The summed E-state index contributed by atoms with van der Waals surface area (Å²) in [5.74, 6) is 0.806. The molecule has 1 aromatic rings. The van der Waals surface area contributed by atoms with Gasteiger partial charge in [-0.25, -0.2) is 0 Å². The highest BCUT2D eigenvalue weighted by molar-refractivity contribution is 8.24. The molecular weight excluding hydrogens is 360 g/mol. The molecule has 32 heavy (non-hydrogen) atoms. The second kappa shape index (κ2) is 16.4. The minimum Gasteiger partial charge on any atom is -0.449 e. The Hall–Kier alpha value is 0.703. The van der Waals surface area contributed by atoms with Crippen molar-refractivity contribution in [2.24, 2.45) is 0 Å². The molecule has 27 radical (unpaired) electrons. The van der Waals surface area contributed by atoms with Crippen LogP contribution in [0.2, 0.25) is 0 Å². The molecule has 1 N–H and O–H groups in total. The fourth-order valence-electron chi connectivity index (χ4n) is 4.01. The van der Waals surface area contributed by atoms with Gasteiger partial charge < -0.3 is 9.73 Å².